The Balaban J connectivity index is 2.25. The van der Waals surface area contributed by atoms with Crippen LogP contribution in [0.3, 0.4) is 0 Å². The number of nitrogens with one attached hydrogen (secondary N) is 1. The molecule has 1 heterocycles. The van der Waals surface area contributed by atoms with Gasteiger partial charge in [-0.25, -0.2) is 0 Å². The van der Waals surface area contributed by atoms with Crippen molar-refractivity contribution in [2.45, 2.75) is 38.3 Å². The van der Waals surface area contributed by atoms with Gasteiger partial charge in [-0.3, -0.25) is 0 Å². The second kappa shape index (κ2) is 6.84. The van der Waals surface area contributed by atoms with Crippen molar-refractivity contribution >= 4 is 11.8 Å². The van der Waals surface area contributed by atoms with E-state index in [0.29, 0.717) is 18.5 Å². The molecule has 4 heteroatoms. The molecule has 0 spiro atoms. The van der Waals surface area contributed by atoms with Gasteiger partial charge in [0.2, 0.25) is 0 Å². The van der Waals surface area contributed by atoms with Crippen LogP contribution in [0.4, 0.5) is 0 Å². The van der Waals surface area contributed by atoms with Crippen molar-refractivity contribution < 1.29 is 9.84 Å². The van der Waals surface area contributed by atoms with Gasteiger partial charge in [-0.15, -0.1) is 0 Å². The molecule has 0 bridgehead atoms. The predicted octanol–water partition coefficient (Wildman–Crippen LogP) is 1.51. The van der Waals surface area contributed by atoms with Crippen LogP contribution in [0.2, 0.25) is 0 Å². The maximum Gasteiger partial charge on any atom is 0.0833 e. The van der Waals surface area contributed by atoms with Crippen LogP contribution in [0.1, 0.15) is 26.7 Å². The molecular weight excluding hydrogens is 222 g/mol. The number of thioether (sulfide) groups is 1. The van der Waals surface area contributed by atoms with Crippen molar-refractivity contribution in [1.29, 1.82) is 0 Å². The maximum absolute atomic E-state index is 10.1. The first-order valence-corrected chi connectivity index (χ1v) is 7.47. The Morgan fingerprint density at radius 2 is 2.12 bits per heavy atom. The largest absolute Gasteiger partial charge is 0.388 e. The molecule has 0 aliphatic carbocycles. The van der Waals surface area contributed by atoms with Crippen LogP contribution >= 0.6 is 11.8 Å². The van der Waals surface area contributed by atoms with E-state index in [-0.39, 0.29) is 0 Å². The maximum atomic E-state index is 10.1. The number of hydrogen-bond acceptors (Lipinski definition) is 4. The van der Waals surface area contributed by atoms with Crippen LogP contribution in [0.5, 0.6) is 0 Å². The van der Waals surface area contributed by atoms with Crippen LogP contribution in [0, 0.1) is 5.92 Å². The molecule has 0 aromatic rings. The van der Waals surface area contributed by atoms with E-state index in [1.807, 2.05) is 13.2 Å². The molecule has 96 valence electrons. The van der Waals surface area contributed by atoms with Crippen LogP contribution in [-0.2, 0) is 4.74 Å². The lowest BCUT2D eigenvalue weighted by Gasteiger charge is -2.31. The molecule has 2 unspecified atom stereocenters. The molecule has 2 N–H and O–H groups in total. The van der Waals surface area contributed by atoms with Crippen LogP contribution < -0.4 is 5.32 Å². The molecule has 0 aromatic heterocycles. The highest BCUT2D eigenvalue weighted by Gasteiger charge is 2.24. The number of rotatable bonds is 6. The second-order valence-electron chi connectivity index (χ2n) is 5.05. The summed E-state index contributed by atoms with van der Waals surface area (Å²) < 4.78 is 5.35. The van der Waals surface area contributed by atoms with E-state index in [9.17, 15) is 5.11 Å². The fraction of sp³-hybridized carbons (Fsp3) is 1.00. The van der Waals surface area contributed by atoms with E-state index in [2.05, 4.69) is 12.2 Å². The topological polar surface area (TPSA) is 41.5 Å². The van der Waals surface area contributed by atoms with E-state index in [4.69, 9.17) is 4.74 Å². The van der Waals surface area contributed by atoms with E-state index in [1.165, 1.54) is 0 Å². The third-order valence-corrected chi connectivity index (χ3v) is 4.14. The van der Waals surface area contributed by atoms with Gasteiger partial charge < -0.3 is 15.2 Å². The molecule has 1 saturated heterocycles. The zero-order valence-electron chi connectivity index (χ0n) is 10.7. The average molecular weight is 247 g/mol. The minimum absolute atomic E-state index is 0.470. The molecule has 1 rings (SSSR count). The standard InChI is InChI=1S/C12H25NO2S/c1-10(11-4-6-15-7-5-11)13-8-12(2,14)9-16-3/h10-11,13-14H,4-9H2,1-3H3. The van der Waals surface area contributed by atoms with Gasteiger partial charge in [0.05, 0.1) is 5.60 Å². The summed E-state index contributed by atoms with van der Waals surface area (Å²) in [6, 6.07) is 0.470. The Kier molecular flexibility index (Phi) is 6.11. The van der Waals surface area contributed by atoms with Gasteiger partial charge in [-0.2, -0.15) is 11.8 Å². The molecule has 1 aliphatic rings. The SMILES string of the molecule is CSCC(C)(O)CNC(C)C1CCOCC1. The predicted molar refractivity (Wildman–Crippen MR) is 70.0 cm³/mol. The summed E-state index contributed by atoms with van der Waals surface area (Å²) in [5, 5.41) is 13.5. The lowest BCUT2D eigenvalue weighted by Crippen LogP contribution is -2.46. The first-order valence-electron chi connectivity index (χ1n) is 6.07. The second-order valence-corrected chi connectivity index (χ2v) is 5.92. The van der Waals surface area contributed by atoms with Gasteiger partial charge >= 0.3 is 0 Å². The van der Waals surface area contributed by atoms with Gasteiger partial charge in [0.15, 0.2) is 0 Å². The van der Waals surface area contributed by atoms with Crippen LogP contribution in [0.15, 0.2) is 0 Å². The smallest absolute Gasteiger partial charge is 0.0833 e. The molecule has 2 atom stereocenters. The van der Waals surface area contributed by atoms with Crippen molar-refractivity contribution in [2.24, 2.45) is 5.92 Å². The Morgan fingerprint density at radius 3 is 2.69 bits per heavy atom. The monoisotopic (exact) mass is 247 g/mol. The van der Waals surface area contributed by atoms with Gasteiger partial charge in [0.1, 0.15) is 0 Å². The Labute approximate surface area is 103 Å². The summed E-state index contributed by atoms with van der Waals surface area (Å²) in [5.74, 6) is 1.47. The van der Waals surface area contributed by atoms with E-state index in [1.54, 1.807) is 11.8 Å². The van der Waals surface area contributed by atoms with Crippen molar-refractivity contribution in [2.75, 3.05) is 31.8 Å². The molecule has 0 amide bonds. The summed E-state index contributed by atoms with van der Waals surface area (Å²) >= 11 is 1.69. The zero-order valence-corrected chi connectivity index (χ0v) is 11.5. The van der Waals surface area contributed by atoms with Gasteiger partial charge in [0, 0.05) is 31.6 Å². The summed E-state index contributed by atoms with van der Waals surface area (Å²) in [5.41, 5.74) is -0.598. The fourth-order valence-electron chi connectivity index (χ4n) is 2.13. The van der Waals surface area contributed by atoms with Crippen molar-refractivity contribution in [1.82, 2.24) is 5.32 Å². The Bertz CT molecular complexity index is 193. The van der Waals surface area contributed by atoms with Gasteiger partial charge in [-0.1, -0.05) is 0 Å². The van der Waals surface area contributed by atoms with E-state index < -0.39 is 5.60 Å². The molecule has 0 aromatic carbocycles. The quantitative estimate of drug-likeness (QED) is 0.746. The number of ether oxygens (including phenoxy) is 1. The lowest BCUT2D eigenvalue weighted by atomic mass is 9.92. The summed E-state index contributed by atoms with van der Waals surface area (Å²) in [4.78, 5) is 0. The van der Waals surface area contributed by atoms with Crippen LogP contribution in [0.25, 0.3) is 0 Å². The van der Waals surface area contributed by atoms with E-state index >= 15 is 0 Å². The normalized spacial score (nSPS) is 24.0. The molecule has 0 radical (unpaired) electrons. The summed E-state index contributed by atoms with van der Waals surface area (Å²) in [6.45, 7) is 6.56. The highest BCUT2D eigenvalue weighted by molar-refractivity contribution is 7.98. The first-order chi connectivity index (χ1) is 7.55. The first kappa shape index (κ1) is 14.3. The lowest BCUT2D eigenvalue weighted by molar-refractivity contribution is 0.0462. The van der Waals surface area contributed by atoms with Crippen LogP contribution in [-0.4, -0.2) is 48.5 Å². The number of hydrogen-bond donors (Lipinski definition) is 2. The molecule has 3 nitrogen and oxygen atoms in total. The van der Waals surface area contributed by atoms with Gasteiger partial charge in [0.25, 0.3) is 0 Å². The van der Waals surface area contributed by atoms with E-state index in [0.717, 1.165) is 31.8 Å². The Morgan fingerprint density at radius 1 is 1.50 bits per heavy atom. The summed E-state index contributed by atoms with van der Waals surface area (Å²) in [7, 11) is 0. The third kappa shape index (κ3) is 5.04. The summed E-state index contributed by atoms with van der Waals surface area (Å²) in [6.07, 6.45) is 4.30. The molecular formula is C12H25NO2S. The van der Waals surface area contributed by atoms with Crippen molar-refractivity contribution in [3.8, 4) is 0 Å². The van der Waals surface area contributed by atoms with Crippen molar-refractivity contribution in [3.05, 3.63) is 0 Å². The Hall–Kier alpha value is 0.230. The molecule has 1 aliphatic heterocycles. The zero-order chi connectivity index (χ0) is 12.0. The minimum atomic E-state index is -0.598. The molecule has 1 fully saturated rings. The van der Waals surface area contributed by atoms with Gasteiger partial charge in [-0.05, 0) is 38.9 Å². The highest BCUT2D eigenvalue weighted by Crippen LogP contribution is 2.19. The average Bonchev–Trinajstić information content (AvgIpc) is 2.27. The minimum Gasteiger partial charge on any atom is -0.388 e. The third-order valence-electron chi connectivity index (χ3n) is 3.23. The molecule has 16 heavy (non-hydrogen) atoms. The van der Waals surface area contributed by atoms with Crippen molar-refractivity contribution in [3.63, 3.8) is 0 Å². The molecule has 0 saturated carbocycles. The highest BCUT2D eigenvalue weighted by atomic mass is 32.2. The fourth-order valence-corrected chi connectivity index (χ4v) is 2.85. The number of aliphatic hydroxyl groups is 1.